The number of pyridine rings is 2. The molecule has 4 rings (SSSR count). The van der Waals surface area contributed by atoms with E-state index >= 15 is 4.39 Å². The molecule has 2 aromatic heterocycles. The van der Waals surface area contributed by atoms with Crippen molar-refractivity contribution in [1.29, 1.82) is 0 Å². The van der Waals surface area contributed by atoms with E-state index in [1.54, 1.807) is 19.2 Å². The number of piperazine rings is 1. The van der Waals surface area contributed by atoms with Gasteiger partial charge in [0.25, 0.3) is 11.4 Å². The fraction of sp³-hybridized carbons (Fsp3) is 0.423. The number of halogens is 1. The Morgan fingerprint density at radius 3 is 2.56 bits per heavy atom. The van der Waals surface area contributed by atoms with Crippen molar-refractivity contribution < 1.29 is 9.13 Å². The molecule has 7 nitrogen and oxygen atoms in total. The zero-order valence-corrected chi connectivity index (χ0v) is 20.2. The first kappa shape index (κ1) is 23.7. The van der Waals surface area contributed by atoms with E-state index in [4.69, 9.17) is 11.3 Å². The predicted octanol–water partition coefficient (Wildman–Crippen LogP) is 4.68. The summed E-state index contributed by atoms with van der Waals surface area (Å²) in [5, 5.41) is 0. The lowest BCUT2D eigenvalue weighted by Crippen LogP contribution is -2.58. The van der Waals surface area contributed by atoms with Crippen LogP contribution >= 0.6 is 0 Å². The Kier molecular flexibility index (Phi) is 6.58. The van der Waals surface area contributed by atoms with Crippen molar-refractivity contribution in [3.05, 3.63) is 69.5 Å². The van der Waals surface area contributed by atoms with E-state index in [-0.39, 0.29) is 29.6 Å². The summed E-state index contributed by atoms with van der Waals surface area (Å²) in [6, 6.07) is 11.6. The molecule has 1 aliphatic rings. The second-order valence-electron chi connectivity index (χ2n) is 8.89. The van der Waals surface area contributed by atoms with Crippen LogP contribution in [0.5, 0.6) is 5.75 Å². The summed E-state index contributed by atoms with van der Waals surface area (Å²) in [4.78, 5) is 25.0. The lowest BCUT2D eigenvalue weighted by Gasteiger charge is -2.48. The Labute approximate surface area is 199 Å². The minimum absolute atomic E-state index is 0.0632. The second-order valence-corrected chi connectivity index (χ2v) is 8.89. The first-order valence-electron chi connectivity index (χ1n) is 11.5. The Bertz CT molecular complexity index is 1300. The minimum Gasteiger partial charge on any atom is -0.497 e. The third kappa shape index (κ3) is 4.01. The van der Waals surface area contributed by atoms with Crippen LogP contribution in [0.3, 0.4) is 0 Å². The normalized spacial score (nSPS) is 19.7. The third-order valence-corrected chi connectivity index (χ3v) is 7.00. The SMILES string of the molecule is [C-]#[N+]c1ccc2c(n1)c(N1C[C@@H](CC)N(C(C)c3ccc(OC)cc3)C[C@@H]1C)c(F)c(=O)n2C. The summed E-state index contributed by atoms with van der Waals surface area (Å²) in [5.74, 6) is 0.182. The molecular weight excluding hydrogens is 433 g/mol. The van der Waals surface area contributed by atoms with Gasteiger partial charge in [0.05, 0.1) is 12.6 Å². The maximum Gasteiger partial charge on any atom is 0.289 e. The monoisotopic (exact) mass is 463 g/mol. The van der Waals surface area contributed by atoms with E-state index < -0.39 is 11.4 Å². The number of nitrogens with zero attached hydrogens (tertiary/aromatic N) is 5. The van der Waals surface area contributed by atoms with Gasteiger partial charge in [-0.15, -0.1) is 4.98 Å². The van der Waals surface area contributed by atoms with Gasteiger partial charge < -0.3 is 19.0 Å². The van der Waals surface area contributed by atoms with Gasteiger partial charge in [-0.05, 0) is 50.1 Å². The van der Waals surface area contributed by atoms with Gasteiger partial charge in [-0.2, -0.15) is 4.39 Å². The standard InChI is InChI=1S/C26H30FN5O2/c1-7-19-15-31(16(2)14-32(19)17(3)18-8-10-20(34-6)11-9-18)25-23(27)26(33)30(5)21-12-13-22(28-4)29-24(21)25/h8-13,16-17,19H,7,14-15H2,1-3,5-6H3/t16-,17?,19+/m0/s1. The number of rotatable bonds is 5. The first-order valence-corrected chi connectivity index (χ1v) is 11.5. The molecule has 1 aromatic carbocycles. The lowest BCUT2D eigenvalue weighted by atomic mass is 9.98. The van der Waals surface area contributed by atoms with Gasteiger partial charge in [0.15, 0.2) is 0 Å². The molecule has 34 heavy (non-hydrogen) atoms. The molecule has 0 amide bonds. The van der Waals surface area contributed by atoms with E-state index in [1.807, 2.05) is 24.0 Å². The average molecular weight is 464 g/mol. The van der Waals surface area contributed by atoms with Gasteiger partial charge in [0.1, 0.15) is 11.4 Å². The fourth-order valence-corrected chi connectivity index (χ4v) is 4.96. The number of hydrogen-bond acceptors (Lipinski definition) is 5. The molecule has 0 N–H and O–H groups in total. The van der Waals surface area contributed by atoms with Gasteiger partial charge in [0, 0.05) is 38.3 Å². The lowest BCUT2D eigenvalue weighted by molar-refractivity contribution is 0.106. The van der Waals surface area contributed by atoms with Crippen LogP contribution < -0.4 is 15.2 Å². The van der Waals surface area contributed by atoms with Crippen molar-refractivity contribution in [3.63, 3.8) is 0 Å². The van der Waals surface area contributed by atoms with Crippen LogP contribution in [0.15, 0.2) is 41.2 Å². The second kappa shape index (κ2) is 9.43. The molecule has 178 valence electrons. The Hall–Kier alpha value is -3.44. The van der Waals surface area contributed by atoms with E-state index in [2.05, 4.69) is 40.7 Å². The number of aryl methyl sites for hydroxylation is 1. The highest BCUT2D eigenvalue weighted by Gasteiger charge is 2.37. The highest BCUT2D eigenvalue weighted by atomic mass is 19.1. The number of aromatic nitrogens is 2. The van der Waals surface area contributed by atoms with Crippen LogP contribution in [-0.2, 0) is 7.05 Å². The first-order chi connectivity index (χ1) is 16.3. The van der Waals surface area contributed by atoms with Crippen molar-refractivity contribution in [1.82, 2.24) is 14.5 Å². The highest BCUT2D eigenvalue weighted by molar-refractivity contribution is 5.90. The molecule has 0 spiro atoms. The summed E-state index contributed by atoms with van der Waals surface area (Å²) in [6.07, 6.45) is 0.870. The number of methoxy groups -OCH3 is 1. The largest absolute Gasteiger partial charge is 0.497 e. The number of anilines is 1. The summed E-state index contributed by atoms with van der Waals surface area (Å²) in [5.41, 5.74) is 1.57. The van der Waals surface area contributed by atoms with Gasteiger partial charge >= 0.3 is 0 Å². The molecule has 0 bridgehead atoms. The number of fused-ring (bicyclic) bond motifs is 1. The van der Waals surface area contributed by atoms with Crippen LogP contribution in [0.25, 0.3) is 15.9 Å². The van der Waals surface area contributed by atoms with Crippen LogP contribution in [0.4, 0.5) is 15.9 Å². The topological polar surface area (TPSA) is 55.0 Å². The number of hydrogen-bond donors (Lipinski definition) is 0. The van der Waals surface area contributed by atoms with Gasteiger partial charge in [0.2, 0.25) is 11.3 Å². The molecule has 3 aromatic rings. The van der Waals surface area contributed by atoms with Gasteiger partial charge in [-0.1, -0.05) is 25.6 Å². The summed E-state index contributed by atoms with van der Waals surface area (Å²) in [6.45, 7) is 14.9. The third-order valence-electron chi connectivity index (χ3n) is 7.00. The van der Waals surface area contributed by atoms with Crippen LogP contribution in [0, 0.1) is 12.4 Å². The van der Waals surface area contributed by atoms with Crippen LogP contribution in [0.2, 0.25) is 0 Å². The van der Waals surface area contributed by atoms with E-state index in [9.17, 15) is 4.79 Å². The van der Waals surface area contributed by atoms with Crippen molar-refractivity contribution in [3.8, 4) is 5.75 Å². The van der Waals surface area contributed by atoms with Crippen molar-refractivity contribution in [2.45, 2.75) is 45.3 Å². The quantitative estimate of drug-likeness (QED) is 0.514. The Balaban J connectivity index is 1.74. The molecule has 1 aliphatic heterocycles. The summed E-state index contributed by atoms with van der Waals surface area (Å²) in [7, 11) is 3.19. The minimum atomic E-state index is -0.817. The van der Waals surface area contributed by atoms with Crippen molar-refractivity contribution in [2.75, 3.05) is 25.1 Å². The summed E-state index contributed by atoms with van der Waals surface area (Å²) < 4.78 is 22.0. The Morgan fingerprint density at radius 1 is 1.24 bits per heavy atom. The summed E-state index contributed by atoms with van der Waals surface area (Å²) >= 11 is 0. The zero-order chi connectivity index (χ0) is 24.6. The molecule has 1 unspecified atom stereocenters. The van der Waals surface area contributed by atoms with Crippen LogP contribution in [-0.4, -0.2) is 46.7 Å². The molecule has 3 heterocycles. The van der Waals surface area contributed by atoms with Crippen molar-refractivity contribution >= 4 is 22.5 Å². The molecule has 1 saturated heterocycles. The number of ether oxygens (including phenoxy) is 1. The molecule has 8 heteroatoms. The number of benzene rings is 1. The van der Waals surface area contributed by atoms with Crippen LogP contribution in [0.1, 0.15) is 38.8 Å². The average Bonchev–Trinajstić information content (AvgIpc) is 2.87. The maximum atomic E-state index is 15.5. The van der Waals surface area contributed by atoms with Gasteiger partial charge in [-0.3, -0.25) is 9.69 Å². The van der Waals surface area contributed by atoms with Gasteiger partial charge in [-0.25, -0.2) is 0 Å². The molecular formula is C26H30FN5O2. The maximum absolute atomic E-state index is 15.5. The molecule has 0 radical (unpaired) electrons. The molecule has 0 saturated carbocycles. The smallest absolute Gasteiger partial charge is 0.289 e. The fourth-order valence-electron chi connectivity index (χ4n) is 4.96. The molecule has 1 fully saturated rings. The Morgan fingerprint density at radius 2 is 1.94 bits per heavy atom. The van der Waals surface area contributed by atoms with E-state index in [0.29, 0.717) is 24.1 Å². The predicted molar refractivity (Wildman–Crippen MR) is 132 cm³/mol. The highest BCUT2D eigenvalue weighted by Crippen LogP contribution is 2.35. The molecule has 0 aliphatic carbocycles. The van der Waals surface area contributed by atoms with E-state index in [0.717, 1.165) is 12.2 Å². The molecule has 3 atom stereocenters. The van der Waals surface area contributed by atoms with Crippen molar-refractivity contribution in [2.24, 2.45) is 7.05 Å². The zero-order valence-electron chi connectivity index (χ0n) is 20.2. The van der Waals surface area contributed by atoms with E-state index in [1.165, 1.54) is 17.2 Å².